The molecule has 0 atom stereocenters. The Labute approximate surface area is 139 Å². The minimum Gasteiger partial charge on any atom is -0.339 e. The fourth-order valence-corrected chi connectivity index (χ4v) is 2.77. The van der Waals surface area contributed by atoms with Crippen molar-refractivity contribution in [2.75, 3.05) is 5.32 Å². The van der Waals surface area contributed by atoms with Gasteiger partial charge in [0, 0.05) is 27.7 Å². The molecule has 0 radical (unpaired) electrons. The lowest BCUT2D eigenvalue weighted by Crippen LogP contribution is -2.12. The smallest absolute Gasteiger partial charge is 0.227 e. The highest BCUT2D eigenvalue weighted by Crippen LogP contribution is 2.26. The number of nitrogens with zero attached hydrogens (tertiary/aromatic N) is 2. The number of hydrogen-bond acceptors (Lipinski definition) is 4. The number of amides is 1. The average molecular weight is 417 g/mol. The van der Waals surface area contributed by atoms with E-state index in [1.807, 2.05) is 32.0 Å². The van der Waals surface area contributed by atoms with E-state index < -0.39 is 0 Å². The number of benzene rings is 1. The average Bonchev–Trinajstić information content (AvgIpc) is 2.89. The molecule has 7 heteroatoms. The first kappa shape index (κ1) is 16.2. The van der Waals surface area contributed by atoms with Gasteiger partial charge in [0.2, 0.25) is 11.8 Å². The summed E-state index contributed by atoms with van der Waals surface area (Å²) in [5.74, 6) is 1.28. The minimum absolute atomic E-state index is 0.0951. The van der Waals surface area contributed by atoms with E-state index in [1.165, 1.54) is 0 Å². The molecule has 0 bridgehead atoms. The SMILES string of the molecule is CC(C)c1noc(CCC(=O)Nc2ccc(Br)cc2Br)n1. The number of rotatable bonds is 5. The summed E-state index contributed by atoms with van der Waals surface area (Å²) in [6, 6.07) is 5.57. The normalized spacial score (nSPS) is 10.9. The molecule has 0 aliphatic carbocycles. The molecule has 2 rings (SSSR count). The van der Waals surface area contributed by atoms with Crippen LogP contribution in [0.5, 0.6) is 0 Å². The number of carbonyl (C=O) groups excluding carboxylic acids is 1. The fraction of sp³-hybridized carbons (Fsp3) is 0.357. The summed E-state index contributed by atoms with van der Waals surface area (Å²) in [5, 5.41) is 6.71. The summed E-state index contributed by atoms with van der Waals surface area (Å²) >= 11 is 6.77. The van der Waals surface area contributed by atoms with E-state index in [-0.39, 0.29) is 11.8 Å². The van der Waals surface area contributed by atoms with E-state index in [1.54, 1.807) is 0 Å². The van der Waals surface area contributed by atoms with Gasteiger partial charge in [0.25, 0.3) is 0 Å². The lowest BCUT2D eigenvalue weighted by molar-refractivity contribution is -0.116. The lowest BCUT2D eigenvalue weighted by Gasteiger charge is -2.06. The molecule has 2 aromatic rings. The summed E-state index contributed by atoms with van der Waals surface area (Å²) in [4.78, 5) is 16.2. The van der Waals surface area contributed by atoms with Crippen molar-refractivity contribution >= 4 is 43.5 Å². The molecule has 1 N–H and O–H groups in total. The van der Waals surface area contributed by atoms with Gasteiger partial charge in [-0.2, -0.15) is 4.98 Å². The quantitative estimate of drug-likeness (QED) is 0.789. The Morgan fingerprint density at radius 3 is 2.76 bits per heavy atom. The molecule has 0 unspecified atom stereocenters. The third-order valence-corrected chi connectivity index (χ3v) is 3.92. The van der Waals surface area contributed by atoms with Gasteiger partial charge < -0.3 is 9.84 Å². The van der Waals surface area contributed by atoms with E-state index in [2.05, 4.69) is 47.3 Å². The molecule has 5 nitrogen and oxygen atoms in total. The zero-order chi connectivity index (χ0) is 15.4. The monoisotopic (exact) mass is 415 g/mol. The highest BCUT2D eigenvalue weighted by molar-refractivity contribution is 9.11. The van der Waals surface area contributed by atoms with E-state index in [4.69, 9.17) is 4.52 Å². The third-order valence-electron chi connectivity index (χ3n) is 2.77. The molecule has 1 aromatic carbocycles. The summed E-state index contributed by atoms with van der Waals surface area (Å²) in [5.41, 5.74) is 0.733. The molecule has 0 aliphatic rings. The predicted molar refractivity (Wildman–Crippen MR) is 87.2 cm³/mol. The molecule has 0 aliphatic heterocycles. The molecule has 1 aromatic heterocycles. The molecule has 0 saturated carbocycles. The molecular weight excluding hydrogens is 402 g/mol. The van der Waals surface area contributed by atoms with Crippen molar-refractivity contribution in [2.45, 2.75) is 32.6 Å². The summed E-state index contributed by atoms with van der Waals surface area (Å²) < 4.78 is 6.88. The largest absolute Gasteiger partial charge is 0.339 e. The minimum atomic E-state index is -0.0951. The molecule has 0 spiro atoms. The number of hydrogen-bond donors (Lipinski definition) is 1. The molecule has 112 valence electrons. The second kappa shape index (κ2) is 7.17. The first-order chi connectivity index (χ1) is 9.95. The van der Waals surface area contributed by atoms with Crippen molar-refractivity contribution in [1.29, 1.82) is 0 Å². The zero-order valence-electron chi connectivity index (χ0n) is 11.7. The lowest BCUT2D eigenvalue weighted by atomic mass is 10.2. The van der Waals surface area contributed by atoms with Crippen LogP contribution in [-0.2, 0) is 11.2 Å². The van der Waals surface area contributed by atoms with Crippen LogP contribution < -0.4 is 5.32 Å². The van der Waals surface area contributed by atoms with Crippen LogP contribution in [0.15, 0.2) is 31.7 Å². The molecule has 0 saturated heterocycles. The first-order valence-corrected chi connectivity index (χ1v) is 8.11. The van der Waals surface area contributed by atoms with Crippen molar-refractivity contribution in [1.82, 2.24) is 10.1 Å². The van der Waals surface area contributed by atoms with E-state index >= 15 is 0 Å². The van der Waals surface area contributed by atoms with Gasteiger partial charge in [-0.05, 0) is 34.1 Å². The summed E-state index contributed by atoms with van der Waals surface area (Å²) in [6.07, 6.45) is 0.724. The molecule has 0 fully saturated rings. The van der Waals surface area contributed by atoms with Crippen LogP contribution in [0.2, 0.25) is 0 Å². The van der Waals surface area contributed by atoms with Crippen LogP contribution in [0.3, 0.4) is 0 Å². The highest BCUT2D eigenvalue weighted by atomic mass is 79.9. The standard InChI is InChI=1S/C14H15Br2N3O2/c1-8(2)14-18-13(21-19-14)6-5-12(20)17-11-4-3-9(15)7-10(11)16/h3-4,7-8H,5-6H2,1-2H3,(H,17,20). The Morgan fingerprint density at radius 2 is 2.14 bits per heavy atom. The number of anilines is 1. The Hall–Kier alpha value is -1.21. The number of halogens is 2. The van der Waals surface area contributed by atoms with Crippen molar-refractivity contribution in [2.24, 2.45) is 0 Å². The van der Waals surface area contributed by atoms with Gasteiger partial charge in [0.05, 0.1) is 5.69 Å². The van der Waals surface area contributed by atoms with Crippen LogP contribution in [0.25, 0.3) is 0 Å². The second-order valence-corrected chi connectivity index (χ2v) is 6.64. The van der Waals surface area contributed by atoms with Gasteiger partial charge in [-0.3, -0.25) is 4.79 Å². The van der Waals surface area contributed by atoms with Gasteiger partial charge in [-0.1, -0.05) is 34.9 Å². The molecular formula is C14H15Br2N3O2. The highest BCUT2D eigenvalue weighted by Gasteiger charge is 2.12. The van der Waals surface area contributed by atoms with Crippen LogP contribution in [0.4, 0.5) is 5.69 Å². The van der Waals surface area contributed by atoms with Gasteiger partial charge in [-0.25, -0.2) is 0 Å². The summed E-state index contributed by atoms with van der Waals surface area (Å²) in [7, 11) is 0. The molecule has 1 amide bonds. The van der Waals surface area contributed by atoms with Crippen LogP contribution in [0, 0.1) is 0 Å². The Kier molecular flexibility index (Phi) is 5.52. The number of carbonyl (C=O) groups is 1. The number of nitrogens with one attached hydrogen (secondary N) is 1. The topological polar surface area (TPSA) is 68.0 Å². The Balaban J connectivity index is 1.89. The fourth-order valence-electron chi connectivity index (χ4n) is 1.63. The molecule has 21 heavy (non-hydrogen) atoms. The molecule has 1 heterocycles. The van der Waals surface area contributed by atoms with E-state index in [0.29, 0.717) is 24.6 Å². The predicted octanol–water partition coefficient (Wildman–Crippen LogP) is 4.29. The number of aryl methyl sites for hydroxylation is 1. The third kappa shape index (κ3) is 4.64. The van der Waals surface area contributed by atoms with Crippen LogP contribution in [-0.4, -0.2) is 16.0 Å². The Morgan fingerprint density at radius 1 is 1.38 bits per heavy atom. The summed E-state index contributed by atoms with van der Waals surface area (Å²) in [6.45, 7) is 3.98. The van der Waals surface area contributed by atoms with Gasteiger partial charge >= 0.3 is 0 Å². The van der Waals surface area contributed by atoms with Gasteiger partial charge in [-0.15, -0.1) is 0 Å². The van der Waals surface area contributed by atoms with Crippen molar-refractivity contribution in [3.05, 3.63) is 38.9 Å². The van der Waals surface area contributed by atoms with Crippen molar-refractivity contribution in [3.8, 4) is 0 Å². The van der Waals surface area contributed by atoms with E-state index in [9.17, 15) is 4.79 Å². The van der Waals surface area contributed by atoms with Crippen molar-refractivity contribution < 1.29 is 9.32 Å². The van der Waals surface area contributed by atoms with Crippen LogP contribution in [0.1, 0.15) is 37.9 Å². The zero-order valence-corrected chi connectivity index (χ0v) is 14.9. The maximum Gasteiger partial charge on any atom is 0.227 e. The van der Waals surface area contributed by atoms with Crippen LogP contribution >= 0.6 is 31.9 Å². The second-order valence-electron chi connectivity index (χ2n) is 4.87. The maximum atomic E-state index is 11.9. The Bertz CT molecular complexity index is 641. The van der Waals surface area contributed by atoms with E-state index in [0.717, 1.165) is 14.6 Å². The van der Waals surface area contributed by atoms with Crippen molar-refractivity contribution in [3.63, 3.8) is 0 Å². The maximum absolute atomic E-state index is 11.9. The van der Waals surface area contributed by atoms with Gasteiger partial charge in [0.15, 0.2) is 5.82 Å². The van der Waals surface area contributed by atoms with Gasteiger partial charge in [0.1, 0.15) is 0 Å². The first-order valence-electron chi connectivity index (χ1n) is 6.53. The number of aromatic nitrogens is 2.